The molecule has 2 aromatic carbocycles. The second kappa shape index (κ2) is 6.39. The molecular formula is C15H14Br2O. The maximum Gasteiger partial charge on any atom is 0.119 e. The maximum atomic E-state index is 5.24. The van der Waals surface area contributed by atoms with Crippen LogP contribution in [0.25, 0.3) is 0 Å². The van der Waals surface area contributed by atoms with Gasteiger partial charge in [0.1, 0.15) is 5.75 Å². The molecular weight excluding hydrogens is 356 g/mol. The number of ether oxygens (including phenoxy) is 1. The van der Waals surface area contributed by atoms with Crippen molar-refractivity contribution in [2.75, 3.05) is 7.11 Å². The summed E-state index contributed by atoms with van der Waals surface area (Å²) in [6.45, 7) is 0. The molecule has 1 nitrogen and oxygen atoms in total. The number of halogens is 2. The Bertz CT molecular complexity index is 525. The normalized spacial score (nSPS) is 12.2. The summed E-state index contributed by atoms with van der Waals surface area (Å²) < 4.78 is 6.35. The van der Waals surface area contributed by atoms with Crippen LogP contribution in [0.5, 0.6) is 5.75 Å². The molecule has 94 valence electrons. The van der Waals surface area contributed by atoms with Gasteiger partial charge in [0.15, 0.2) is 0 Å². The van der Waals surface area contributed by atoms with Gasteiger partial charge in [-0.25, -0.2) is 0 Å². The predicted molar refractivity (Wildman–Crippen MR) is 82.5 cm³/mol. The highest BCUT2D eigenvalue weighted by atomic mass is 79.9. The smallest absolute Gasteiger partial charge is 0.119 e. The van der Waals surface area contributed by atoms with Crippen molar-refractivity contribution in [2.24, 2.45) is 0 Å². The van der Waals surface area contributed by atoms with E-state index in [0.29, 0.717) is 4.83 Å². The van der Waals surface area contributed by atoms with E-state index in [1.807, 2.05) is 18.2 Å². The van der Waals surface area contributed by atoms with Gasteiger partial charge < -0.3 is 4.74 Å². The monoisotopic (exact) mass is 368 g/mol. The van der Waals surface area contributed by atoms with Gasteiger partial charge in [0.2, 0.25) is 0 Å². The second-order valence-corrected chi connectivity index (χ2v) is 6.10. The molecule has 0 N–H and O–H groups in total. The molecule has 0 aliphatic carbocycles. The lowest BCUT2D eigenvalue weighted by molar-refractivity contribution is 0.414. The van der Waals surface area contributed by atoms with Crippen molar-refractivity contribution in [3.8, 4) is 5.75 Å². The highest BCUT2D eigenvalue weighted by molar-refractivity contribution is 9.10. The average molecular weight is 370 g/mol. The molecule has 2 rings (SSSR count). The van der Waals surface area contributed by atoms with E-state index in [0.717, 1.165) is 16.6 Å². The fourth-order valence-electron chi connectivity index (χ4n) is 1.83. The summed E-state index contributed by atoms with van der Waals surface area (Å²) in [5.74, 6) is 0.904. The maximum absolute atomic E-state index is 5.24. The average Bonchev–Trinajstić information content (AvgIpc) is 2.39. The van der Waals surface area contributed by atoms with E-state index in [1.165, 1.54) is 11.1 Å². The third-order valence-corrected chi connectivity index (χ3v) is 4.11. The number of rotatable bonds is 4. The molecule has 1 atom stereocenters. The van der Waals surface area contributed by atoms with Gasteiger partial charge in [0.25, 0.3) is 0 Å². The van der Waals surface area contributed by atoms with Gasteiger partial charge in [-0.3, -0.25) is 0 Å². The van der Waals surface area contributed by atoms with Crippen LogP contribution in [-0.2, 0) is 6.42 Å². The lowest BCUT2D eigenvalue weighted by Gasteiger charge is -2.11. The Kier molecular flexibility index (Phi) is 4.84. The lowest BCUT2D eigenvalue weighted by atomic mass is 10.0. The molecule has 0 heterocycles. The Morgan fingerprint density at radius 1 is 1.11 bits per heavy atom. The Hall–Kier alpha value is -0.800. The number of benzene rings is 2. The van der Waals surface area contributed by atoms with E-state index < -0.39 is 0 Å². The lowest BCUT2D eigenvalue weighted by Crippen LogP contribution is -1.96. The zero-order valence-electron chi connectivity index (χ0n) is 10.1. The van der Waals surface area contributed by atoms with Gasteiger partial charge in [-0.1, -0.05) is 56.1 Å². The molecule has 18 heavy (non-hydrogen) atoms. The van der Waals surface area contributed by atoms with Crippen LogP contribution in [0.15, 0.2) is 53.0 Å². The van der Waals surface area contributed by atoms with Gasteiger partial charge in [0, 0.05) is 9.30 Å². The molecule has 0 radical (unpaired) electrons. The molecule has 0 saturated carbocycles. The van der Waals surface area contributed by atoms with E-state index >= 15 is 0 Å². The third kappa shape index (κ3) is 3.59. The van der Waals surface area contributed by atoms with Crippen LogP contribution in [0.4, 0.5) is 0 Å². The topological polar surface area (TPSA) is 9.23 Å². The SMILES string of the molecule is COc1cccc(CC(Br)c2cccc(Br)c2)c1. The quantitative estimate of drug-likeness (QED) is 0.678. The fraction of sp³-hybridized carbons (Fsp3) is 0.200. The first-order valence-corrected chi connectivity index (χ1v) is 7.42. The fourth-order valence-corrected chi connectivity index (χ4v) is 2.90. The van der Waals surface area contributed by atoms with Gasteiger partial charge in [-0.2, -0.15) is 0 Å². The van der Waals surface area contributed by atoms with E-state index in [1.54, 1.807) is 7.11 Å². The summed E-state index contributed by atoms with van der Waals surface area (Å²) in [7, 11) is 1.69. The highest BCUT2D eigenvalue weighted by Crippen LogP contribution is 2.29. The number of methoxy groups -OCH3 is 1. The Morgan fingerprint density at radius 2 is 1.89 bits per heavy atom. The molecule has 0 aliphatic rings. The summed E-state index contributed by atoms with van der Waals surface area (Å²) >= 11 is 7.24. The van der Waals surface area contributed by atoms with Gasteiger partial charge >= 0.3 is 0 Å². The van der Waals surface area contributed by atoms with Crippen LogP contribution >= 0.6 is 31.9 Å². The predicted octanol–water partition coefficient (Wildman–Crippen LogP) is 5.14. The van der Waals surface area contributed by atoms with E-state index in [9.17, 15) is 0 Å². The first-order valence-electron chi connectivity index (χ1n) is 5.71. The second-order valence-electron chi connectivity index (χ2n) is 4.08. The van der Waals surface area contributed by atoms with Gasteiger partial charge in [0.05, 0.1) is 7.11 Å². The van der Waals surface area contributed by atoms with Crippen molar-refractivity contribution in [1.82, 2.24) is 0 Å². The van der Waals surface area contributed by atoms with Gasteiger partial charge in [-0.05, 0) is 41.8 Å². The highest BCUT2D eigenvalue weighted by Gasteiger charge is 2.09. The Balaban J connectivity index is 2.13. The number of alkyl halides is 1. The largest absolute Gasteiger partial charge is 0.497 e. The zero-order chi connectivity index (χ0) is 13.0. The molecule has 1 unspecified atom stereocenters. The van der Waals surface area contributed by atoms with Crippen LogP contribution in [0.2, 0.25) is 0 Å². The number of hydrogen-bond acceptors (Lipinski definition) is 1. The van der Waals surface area contributed by atoms with Crippen LogP contribution in [0, 0.1) is 0 Å². The summed E-state index contributed by atoms with van der Waals surface area (Å²) in [5, 5.41) is 0. The zero-order valence-corrected chi connectivity index (χ0v) is 13.2. The van der Waals surface area contributed by atoms with E-state index in [-0.39, 0.29) is 0 Å². The van der Waals surface area contributed by atoms with E-state index in [2.05, 4.69) is 62.2 Å². The number of hydrogen-bond donors (Lipinski definition) is 0. The molecule has 0 aliphatic heterocycles. The molecule has 0 fully saturated rings. The molecule has 0 spiro atoms. The Labute approximate surface area is 124 Å². The molecule has 0 bridgehead atoms. The molecule has 0 saturated heterocycles. The van der Waals surface area contributed by atoms with Crippen molar-refractivity contribution in [3.05, 3.63) is 64.1 Å². The Morgan fingerprint density at radius 3 is 2.61 bits per heavy atom. The first kappa shape index (κ1) is 13.6. The minimum Gasteiger partial charge on any atom is -0.497 e. The van der Waals surface area contributed by atoms with Crippen LogP contribution in [0.3, 0.4) is 0 Å². The minimum atomic E-state index is 0.308. The molecule has 3 heteroatoms. The standard InChI is InChI=1S/C15H14Br2O/c1-18-14-7-2-4-11(8-14)9-15(17)12-5-3-6-13(16)10-12/h2-8,10,15H,9H2,1H3. The van der Waals surface area contributed by atoms with Crippen LogP contribution < -0.4 is 4.74 Å². The third-order valence-electron chi connectivity index (χ3n) is 2.76. The molecule has 0 amide bonds. The summed E-state index contributed by atoms with van der Waals surface area (Å²) in [6, 6.07) is 16.5. The van der Waals surface area contributed by atoms with Crippen molar-refractivity contribution in [3.63, 3.8) is 0 Å². The van der Waals surface area contributed by atoms with Crippen LogP contribution in [0.1, 0.15) is 16.0 Å². The van der Waals surface area contributed by atoms with Crippen molar-refractivity contribution in [2.45, 2.75) is 11.2 Å². The summed E-state index contributed by atoms with van der Waals surface area (Å²) in [5.41, 5.74) is 2.53. The summed E-state index contributed by atoms with van der Waals surface area (Å²) in [6.07, 6.45) is 0.938. The summed E-state index contributed by atoms with van der Waals surface area (Å²) in [4.78, 5) is 0.308. The molecule has 2 aromatic rings. The minimum absolute atomic E-state index is 0.308. The van der Waals surface area contributed by atoms with E-state index in [4.69, 9.17) is 4.74 Å². The van der Waals surface area contributed by atoms with Gasteiger partial charge in [-0.15, -0.1) is 0 Å². The molecule has 0 aromatic heterocycles. The van der Waals surface area contributed by atoms with Crippen LogP contribution in [-0.4, -0.2) is 7.11 Å². The van der Waals surface area contributed by atoms with Crippen molar-refractivity contribution >= 4 is 31.9 Å². The first-order chi connectivity index (χ1) is 8.69. The van der Waals surface area contributed by atoms with Crippen molar-refractivity contribution < 1.29 is 4.74 Å². The van der Waals surface area contributed by atoms with Crippen molar-refractivity contribution in [1.29, 1.82) is 0 Å².